The summed E-state index contributed by atoms with van der Waals surface area (Å²) in [4.78, 5) is 20.6. The number of nitrogens with two attached hydrogens (primary N) is 1. The number of carbonyl (C=O) groups is 1. The van der Waals surface area contributed by atoms with E-state index in [0.29, 0.717) is 47.1 Å². The molecule has 0 amide bonds. The first kappa shape index (κ1) is 20.1. The van der Waals surface area contributed by atoms with Gasteiger partial charge in [-0.25, -0.2) is 14.2 Å². The van der Waals surface area contributed by atoms with E-state index in [1.54, 1.807) is 25.1 Å². The van der Waals surface area contributed by atoms with Gasteiger partial charge in [-0.3, -0.25) is 0 Å². The van der Waals surface area contributed by atoms with E-state index in [-0.39, 0.29) is 11.6 Å². The quantitative estimate of drug-likeness (QED) is 0.478. The van der Waals surface area contributed by atoms with Crippen molar-refractivity contribution in [1.82, 2.24) is 14.5 Å². The first-order chi connectivity index (χ1) is 15.4. The fourth-order valence-corrected chi connectivity index (χ4v) is 3.93. The number of benzene rings is 2. The van der Waals surface area contributed by atoms with Gasteiger partial charge >= 0.3 is 5.97 Å². The highest BCUT2D eigenvalue weighted by Crippen LogP contribution is 2.37. The normalized spacial score (nSPS) is 14.6. The van der Waals surface area contributed by atoms with Gasteiger partial charge < -0.3 is 28.9 Å². The van der Waals surface area contributed by atoms with E-state index in [4.69, 9.17) is 29.3 Å². The molecule has 0 spiro atoms. The molecule has 0 saturated heterocycles. The average molecular weight is 440 g/mol. The summed E-state index contributed by atoms with van der Waals surface area (Å²) in [6, 6.07) is 6.41. The second-order valence-electron chi connectivity index (χ2n) is 7.57. The lowest BCUT2D eigenvalue weighted by Gasteiger charge is -2.18. The zero-order valence-electron chi connectivity index (χ0n) is 17.6. The van der Waals surface area contributed by atoms with Gasteiger partial charge in [0.15, 0.2) is 17.5 Å². The third-order valence-electron chi connectivity index (χ3n) is 5.38. The highest BCUT2D eigenvalue weighted by atomic mass is 19.1. The molecule has 0 fully saturated rings. The number of rotatable bonds is 4. The third-order valence-corrected chi connectivity index (χ3v) is 5.38. The van der Waals surface area contributed by atoms with Crippen LogP contribution in [0.5, 0.6) is 11.5 Å². The molecule has 1 aliphatic rings. The van der Waals surface area contributed by atoms with Crippen LogP contribution in [0.2, 0.25) is 0 Å². The molecule has 1 aliphatic heterocycles. The van der Waals surface area contributed by atoms with Gasteiger partial charge in [-0.15, -0.1) is 0 Å². The molecule has 0 radical (unpaired) electrons. The molecule has 32 heavy (non-hydrogen) atoms. The molecule has 2 N–H and O–H groups in total. The Morgan fingerprint density at radius 1 is 1.22 bits per heavy atom. The zero-order chi connectivity index (χ0) is 22.4. The number of carbonyl (C=O) groups excluding carboxylic acids is 1. The number of oxazole rings is 1. The number of hydrogen-bond donors (Lipinski definition) is 1. The van der Waals surface area contributed by atoms with Crippen LogP contribution in [0.4, 0.5) is 10.4 Å². The second kappa shape index (κ2) is 7.70. The highest BCUT2D eigenvalue weighted by Gasteiger charge is 2.23. The molecular formula is C22H21FN4O5. The molecule has 3 heterocycles. The summed E-state index contributed by atoms with van der Waals surface area (Å²) in [6.07, 6.45) is 0.918. The van der Waals surface area contributed by atoms with Gasteiger partial charge in [0.05, 0.1) is 19.2 Å². The van der Waals surface area contributed by atoms with Crippen molar-refractivity contribution in [3.8, 4) is 22.9 Å². The van der Waals surface area contributed by atoms with Crippen LogP contribution in [0.3, 0.4) is 0 Å². The summed E-state index contributed by atoms with van der Waals surface area (Å²) < 4.78 is 38.3. The SMILES string of the molecule is COC(=O)C(C)Oc1cc2c3c(c1)nc(-c1cc(F)c4oc(N)nc4c1)n3CCCCO2. The predicted octanol–water partition coefficient (Wildman–Crippen LogP) is 3.68. The number of halogens is 1. The fraction of sp³-hybridized carbons (Fsp3) is 0.318. The first-order valence-corrected chi connectivity index (χ1v) is 10.2. The van der Waals surface area contributed by atoms with E-state index in [9.17, 15) is 9.18 Å². The van der Waals surface area contributed by atoms with Crippen LogP contribution >= 0.6 is 0 Å². The Morgan fingerprint density at radius 2 is 2.06 bits per heavy atom. The third kappa shape index (κ3) is 3.37. The molecule has 2 aromatic heterocycles. The van der Waals surface area contributed by atoms with Gasteiger partial charge in [-0.2, -0.15) is 4.98 Å². The molecule has 1 atom stereocenters. The van der Waals surface area contributed by atoms with Crippen molar-refractivity contribution in [2.75, 3.05) is 19.5 Å². The van der Waals surface area contributed by atoms with Crippen LogP contribution < -0.4 is 15.2 Å². The van der Waals surface area contributed by atoms with Crippen molar-refractivity contribution in [3.05, 3.63) is 30.1 Å². The largest absolute Gasteiger partial charge is 0.491 e. The van der Waals surface area contributed by atoms with E-state index in [2.05, 4.69) is 4.98 Å². The monoisotopic (exact) mass is 440 g/mol. The summed E-state index contributed by atoms with van der Waals surface area (Å²) >= 11 is 0. The summed E-state index contributed by atoms with van der Waals surface area (Å²) in [7, 11) is 1.30. The average Bonchev–Trinajstić information content (AvgIpc) is 3.30. The second-order valence-corrected chi connectivity index (χ2v) is 7.57. The molecular weight excluding hydrogens is 419 g/mol. The summed E-state index contributed by atoms with van der Waals surface area (Å²) in [5, 5.41) is 0. The van der Waals surface area contributed by atoms with Crippen LogP contribution in [0.1, 0.15) is 19.8 Å². The number of aromatic nitrogens is 3. The molecule has 2 aromatic carbocycles. The molecule has 0 aliphatic carbocycles. The van der Waals surface area contributed by atoms with Crippen molar-refractivity contribution >= 4 is 34.1 Å². The number of aryl methyl sites for hydroxylation is 1. The highest BCUT2D eigenvalue weighted by molar-refractivity contribution is 5.89. The molecule has 0 bridgehead atoms. The molecule has 10 heteroatoms. The van der Waals surface area contributed by atoms with Crippen molar-refractivity contribution in [3.63, 3.8) is 0 Å². The fourth-order valence-electron chi connectivity index (χ4n) is 3.93. The lowest BCUT2D eigenvalue weighted by molar-refractivity contribution is -0.147. The Kier molecular flexibility index (Phi) is 4.84. The van der Waals surface area contributed by atoms with Crippen LogP contribution in [0, 0.1) is 5.82 Å². The number of fused-ring (bicyclic) bond motifs is 1. The van der Waals surface area contributed by atoms with Gasteiger partial charge in [0, 0.05) is 24.2 Å². The van der Waals surface area contributed by atoms with E-state index in [1.165, 1.54) is 13.2 Å². The minimum Gasteiger partial charge on any atom is -0.491 e. The predicted molar refractivity (Wildman–Crippen MR) is 114 cm³/mol. The number of methoxy groups -OCH3 is 1. The Balaban J connectivity index is 1.67. The minimum absolute atomic E-state index is 0.00605. The topological polar surface area (TPSA) is 115 Å². The van der Waals surface area contributed by atoms with E-state index in [0.717, 1.165) is 18.4 Å². The van der Waals surface area contributed by atoms with Crippen LogP contribution in [0.25, 0.3) is 33.5 Å². The number of imidazole rings is 1. The maximum Gasteiger partial charge on any atom is 0.346 e. The van der Waals surface area contributed by atoms with Gasteiger partial charge in [-0.1, -0.05) is 0 Å². The smallest absolute Gasteiger partial charge is 0.346 e. The van der Waals surface area contributed by atoms with E-state index < -0.39 is 17.9 Å². The molecule has 1 unspecified atom stereocenters. The zero-order valence-corrected chi connectivity index (χ0v) is 17.6. The molecule has 0 saturated carbocycles. The number of esters is 1. The Hall–Kier alpha value is -3.82. The van der Waals surface area contributed by atoms with Crippen molar-refractivity contribution in [1.29, 1.82) is 0 Å². The molecule has 166 valence electrons. The maximum absolute atomic E-state index is 14.7. The maximum atomic E-state index is 14.7. The first-order valence-electron chi connectivity index (χ1n) is 10.2. The van der Waals surface area contributed by atoms with Crippen molar-refractivity contribution in [2.24, 2.45) is 0 Å². The van der Waals surface area contributed by atoms with Crippen LogP contribution in [-0.2, 0) is 16.1 Å². The lowest BCUT2D eigenvalue weighted by Crippen LogP contribution is -2.24. The summed E-state index contributed by atoms with van der Waals surface area (Å²) in [5.74, 6) is 0.510. The lowest BCUT2D eigenvalue weighted by atomic mass is 10.1. The van der Waals surface area contributed by atoms with E-state index >= 15 is 0 Å². The van der Waals surface area contributed by atoms with Gasteiger partial charge in [-0.05, 0) is 31.9 Å². The Morgan fingerprint density at radius 3 is 2.88 bits per heavy atom. The number of anilines is 1. The summed E-state index contributed by atoms with van der Waals surface area (Å²) in [6.45, 7) is 2.83. The number of hydrogen-bond acceptors (Lipinski definition) is 8. The number of ether oxygens (including phenoxy) is 3. The van der Waals surface area contributed by atoms with Gasteiger partial charge in [0.1, 0.15) is 28.4 Å². The minimum atomic E-state index is -0.797. The molecule has 5 rings (SSSR count). The van der Waals surface area contributed by atoms with Gasteiger partial charge in [0.2, 0.25) is 0 Å². The van der Waals surface area contributed by atoms with Crippen LogP contribution in [0.15, 0.2) is 28.7 Å². The number of nitrogen functional groups attached to an aromatic ring is 1. The molecule has 9 nitrogen and oxygen atoms in total. The van der Waals surface area contributed by atoms with Crippen LogP contribution in [-0.4, -0.2) is 40.3 Å². The van der Waals surface area contributed by atoms with E-state index in [1.807, 2.05) is 4.57 Å². The van der Waals surface area contributed by atoms with Gasteiger partial charge in [0.25, 0.3) is 6.01 Å². The Labute approximate surface area is 181 Å². The van der Waals surface area contributed by atoms with Crippen molar-refractivity contribution in [2.45, 2.75) is 32.4 Å². The molecule has 4 aromatic rings. The summed E-state index contributed by atoms with van der Waals surface area (Å²) in [5.41, 5.74) is 7.83. The Bertz CT molecular complexity index is 1350. The van der Waals surface area contributed by atoms with Crippen molar-refractivity contribution < 1.29 is 27.8 Å². The number of nitrogens with zero attached hydrogens (tertiary/aromatic N) is 3. The standard InChI is InChI=1S/C22H21FN4O5/c1-11(21(28)29-2)31-13-9-15-18-17(10-13)30-6-4-3-5-27(18)20(25-15)12-7-14(23)19-16(8-12)26-22(24)32-19/h7-11H,3-6H2,1-2H3,(H2,24,26).